The van der Waals surface area contributed by atoms with Crippen molar-refractivity contribution < 1.29 is 9.18 Å². The molecule has 1 aliphatic heterocycles. The Morgan fingerprint density at radius 3 is 2.54 bits per heavy atom. The van der Waals surface area contributed by atoms with Crippen molar-refractivity contribution in [3.05, 3.63) is 64.9 Å². The van der Waals surface area contributed by atoms with E-state index in [0.717, 1.165) is 30.2 Å². The molecule has 2 amide bonds. The van der Waals surface area contributed by atoms with E-state index in [0.29, 0.717) is 13.1 Å². The Balaban J connectivity index is 1.51. The molecule has 0 aromatic heterocycles. The van der Waals surface area contributed by atoms with Gasteiger partial charge in [0.2, 0.25) is 0 Å². The summed E-state index contributed by atoms with van der Waals surface area (Å²) in [5.41, 5.74) is 1.37. The van der Waals surface area contributed by atoms with E-state index in [-0.39, 0.29) is 11.7 Å². The standard InChI is InChI=1S/C18H19ClFN3O/c19-15-5-3-4-14(12-15)13-22-8-10-23(11-9-22)18(24)21-17-7-2-1-6-16(17)20/h1-7,12H,8-11,13H2,(H,21,24). The number of para-hydroxylation sites is 1. The second-order valence-electron chi connectivity index (χ2n) is 5.80. The normalized spacial score (nSPS) is 15.3. The maximum absolute atomic E-state index is 13.6. The van der Waals surface area contributed by atoms with Crippen LogP contribution in [-0.4, -0.2) is 42.0 Å². The molecule has 0 bridgehead atoms. The molecule has 2 aromatic carbocycles. The fraction of sp³-hybridized carbons (Fsp3) is 0.278. The fourth-order valence-electron chi connectivity index (χ4n) is 2.76. The number of benzene rings is 2. The fourth-order valence-corrected chi connectivity index (χ4v) is 2.97. The molecule has 0 radical (unpaired) electrons. The first-order valence-electron chi connectivity index (χ1n) is 7.89. The monoisotopic (exact) mass is 347 g/mol. The van der Waals surface area contributed by atoms with Gasteiger partial charge in [-0.2, -0.15) is 0 Å². The molecule has 6 heteroatoms. The Bertz CT molecular complexity index is 717. The van der Waals surface area contributed by atoms with Crippen LogP contribution >= 0.6 is 11.6 Å². The zero-order chi connectivity index (χ0) is 16.9. The van der Waals surface area contributed by atoms with Gasteiger partial charge < -0.3 is 10.2 Å². The van der Waals surface area contributed by atoms with E-state index < -0.39 is 5.82 Å². The van der Waals surface area contributed by atoms with E-state index in [1.54, 1.807) is 23.1 Å². The second-order valence-corrected chi connectivity index (χ2v) is 6.24. The zero-order valence-electron chi connectivity index (χ0n) is 13.2. The number of carbonyl (C=O) groups is 1. The van der Waals surface area contributed by atoms with Gasteiger partial charge in [0.25, 0.3) is 0 Å². The lowest BCUT2D eigenvalue weighted by atomic mass is 10.2. The van der Waals surface area contributed by atoms with E-state index in [2.05, 4.69) is 10.2 Å². The van der Waals surface area contributed by atoms with Crippen molar-refractivity contribution in [1.82, 2.24) is 9.80 Å². The molecule has 3 rings (SSSR count). The number of nitrogens with zero attached hydrogens (tertiary/aromatic N) is 2. The van der Waals surface area contributed by atoms with Gasteiger partial charge >= 0.3 is 6.03 Å². The van der Waals surface area contributed by atoms with Gasteiger partial charge in [-0.25, -0.2) is 9.18 Å². The third-order valence-electron chi connectivity index (χ3n) is 4.07. The number of hydrogen-bond acceptors (Lipinski definition) is 2. The number of carbonyl (C=O) groups excluding carboxylic acids is 1. The summed E-state index contributed by atoms with van der Waals surface area (Å²) in [6.07, 6.45) is 0. The number of nitrogens with one attached hydrogen (secondary N) is 1. The maximum Gasteiger partial charge on any atom is 0.322 e. The topological polar surface area (TPSA) is 35.6 Å². The van der Waals surface area contributed by atoms with Gasteiger partial charge in [-0.1, -0.05) is 35.9 Å². The number of anilines is 1. The van der Waals surface area contributed by atoms with Crippen molar-refractivity contribution in [2.24, 2.45) is 0 Å². The van der Waals surface area contributed by atoms with E-state index >= 15 is 0 Å². The molecule has 1 heterocycles. The van der Waals surface area contributed by atoms with Crippen molar-refractivity contribution in [2.45, 2.75) is 6.54 Å². The second kappa shape index (κ2) is 7.64. The van der Waals surface area contributed by atoms with Crippen LogP contribution in [0.4, 0.5) is 14.9 Å². The number of hydrogen-bond donors (Lipinski definition) is 1. The molecule has 0 atom stereocenters. The van der Waals surface area contributed by atoms with Crippen molar-refractivity contribution in [3.63, 3.8) is 0 Å². The summed E-state index contributed by atoms with van der Waals surface area (Å²) in [6, 6.07) is 13.7. The maximum atomic E-state index is 13.6. The summed E-state index contributed by atoms with van der Waals surface area (Å²) in [5, 5.41) is 3.36. The quantitative estimate of drug-likeness (QED) is 0.916. The summed E-state index contributed by atoms with van der Waals surface area (Å²) in [4.78, 5) is 16.2. The average molecular weight is 348 g/mol. The average Bonchev–Trinajstić information content (AvgIpc) is 2.57. The van der Waals surface area contributed by atoms with E-state index in [1.807, 2.05) is 24.3 Å². The van der Waals surface area contributed by atoms with Crippen LogP contribution in [0, 0.1) is 5.82 Å². The van der Waals surface area contributed by atoms with Gasteiger partial charge in [-0.15, -0.1) is 0 Å². The third kappa shape index (κ3) is 4.24. The molecule has 1 aliphatic rings. The highest BCUT2D eigenvalue weighted by atomic mass is 35.5. The summed E-state index contributed by atoms with van der Waals surface area (Å²) in [5.74, 6) is -0.426. The largest absolute Gasteiger partial charge is 0.322 e. The van der Waals surface area contributed by atoms with E-state index in [4.69, 9.17) is 11.6 Å². The first-order valence-corrected chi connectivity index (χ1v) is 8.27. The predicted octanol–water partition coefficient (Wildman–Crippen LogP) is 3.83. The number of amides is 2. The van der Waals surface area contributed by atoms with Gasteiger partial charge in [0, 0.05) is 37.7 Å². The Hall–Kier alpha value is -2.11. The number of piperazine rings is 1. The van der Waals surface area contributed by atoms with Crippen molar-refractivity contribution >= 4 is 23.3 Å². The van der Waals surface area contributed by atoms with Gasteiger partial charge in [0.15, 0.2) is 0 Å². The molecule has 2 aromatic rings. The Morgan fingerprint density at radius 1 is 1.08 bits per heavy atom. The summed E-state index contributed by atoms with van der Waals surface area (Å²) >= 11 is 6.01. The van der Waals surface area contributed by atoms with Crippen LogP contribution in [-0.2, 0) is 6.54 Å². The summed E-state index contributed by atoms with van der Waals surface area (Å²) < 4.78 is 13.6. The highest BCUT2D eigenvalue weighted by molar-refractivity contribution is 6.30. The Morgan fingerprint density at radius 2 is 1.83 bits per heavy atom. The third-order valence-corrected chi connectivity index (χ3v) is 4.31. The molecule has 4 nitrogen and oxygen atoms in total. The van der Waals surface area contributed by atoms with Gasteiger partial charge in [0.1, 0.15) is 5.82 Å². The minimum Gasteiger partial charge on any atom is -0.322 e. The van der Waals surface area contributed by atoms with Gasteiger partial charge in [-0.3, -0.25) is 4.90 Å². The minimum atomic E-state index is -0.426. The summed E-state index contributed by atoms with van der Waals surface area (Å²) in [6.45, 7) is 3.58. The lowest BCUT2D eigenvalue weighted by Crippen LogP contribution is -2.49. The van der Waals surface area contributed by atoms with Crippen LogP contribution in [0.25, 0.3) is 0 Å². The van der Waals surface area contributed by atoms with E-state index in [1.165, 1.54) is 6.07 Å². The smallest absolute Gasteiger partial charge is 0.322 e. The van der Waals surface area contributed by atoms with Gasteiger partial charge in [-0.05, 0) is 29.8 Å². The van der Waals surface area contributed by atoms with Crippen LogP contribution in [0.15, 0.2) is 48.5 Å². The molecule has 126 valence electrons. The van der Waals surface area contributed by atoms with Gasteiger partial charge in [0.05, 0.1) is 5.69 Å². The van der Waals surface area contributed by atoms with Crippen molar-refractivity contribution in [2.75, 3.05) is 31.5 Å². The molecule has 0 unspecified atom stereocenters. The Labute approximate surface area is 145 Å². The molecule has 1 fully saturated rings. The lowest BCUT2D eigenvalue weighted by molar-refractivity contribution is 0.143. The molecule has 0 saturated carbocycles. The highest BCUT2D eigenvalue weighted by Gasteiger charge is 2.21. The zero-order valence-corrected chi connectivity index (χ0v) is 14.0. The first kappa shape index (κ1) is 16.7. The minimum absolute atomic E-state index is 0.212. The first-order chi connectivity index (χ1) is 11.6. The molecule has 24 heavy (non-hydrogen) atoms. The predicted molar refractivity (Wildman–Crippen MR) is 93.7 cm³/mol. The highest BCUT2D eigenvalue weighted by Crippen LogP contribution is 2.16. The molecule has 0 aliphatic carbocycles. The van der Waals surface area contributed by atoms with Crippen LogP contribution in [0.1, 0.15) is 5.56 Å². The van der Waals surface area contributed by atoms with Crippen LogP contribution in [0.2, 0.25) is 5.02 Å². The molecular formula is C18H19ClFN3O. The SMILES string of the molecule is O=C(Nc1ccccc1F)N1CCN(Cc2cccc(Cl)c2)CC1. The molecule has 0 spiro atoms. The van der Waals surface area contributed by atoms with Crippen molar-refractivity contribution in [1.29, 1.82) is 0 Å². The lowest BCUT2D eigenvalue weighted by Gasteiger charge is -2.34. The molecular weight excluding hydrogens is 329 g/mol. The van der Waals surface area contributed by atoms with Crippen LogP contribution < -0.4 is 5.32 Å². The molecule has 1 N–H and O–H groups in total. The van der Waals surface area contributed by atoms with Crippen molar-refractivity contribution in [3.8, 4) is 0 Å². The number of urea groups is 1. The van der Waals surface area contributed by atoms with Crippen LogP contribution in [0.5, 0.6) is 0 Å². The van der Waals surface area contributed by atoms with E-state index in [9.17, 15) is 9.18 Å². The van der Waals surface area contributed by atoms with Crippen LogP contribution in [0.3, 0.4) is 0 Å². The number of halogens is 2. The Kier molecular flexibility index (Phi) is 5.33. The summed E-state index contributed by atoms with van der Waals surface area (Å²) in [7, 11) is 0. The number of rotatable bonds is 3. The molecule has 1 saturated heterocycles.